The SMILES string of the molecule is CCC(CCO)NC(=O)c1ccc(C)nc1. The molecule has 1 rings (SSSR count). The van der Waals surface area contributed by atoms with Crippen molar-refractivity contribution in [3.8, 4) is 0 Å². The van der Waals surface area contributed by atoms with E-state index in [0.717, 1.165) is 12.1 Å². The monoisotopic (exact) mass is 222 g/mol. The lowest BCUT2D eigenvalue weighted by Crippen LogP contribution is -2.35. The number of carbonyl (C=O) groups is 1. The molecule has 1 unspecified atom stereocenters. The molecule has 0 aliphatic carbocycles. The summed E-state index contributed by atoms with van der Waals surface area (Å²) in [6.45, 7) is 3.95. The van der Waals surface area contributed by atoms with Crippen molar-refractivity contribution in [3.63, 3.8) is 0 Å². The molecule has 1 aromatic rings. The Morgan fingerprint density at radius 1 is 1.56 bits per heavy atom. The van der Waals surface area contributed by atoms with Crippen LogP contribution < -0.4 is 5.32 Å². The molecule has 4 heteroatoms. The number of aliphatic hydroxyl groups excluding tert-OH is 1. The molecule has 1 aromatic heterocycles. The molecule has 0 aliphatic rings. The van der Waals surface area contributed by atoms with Gasteiger partial charge in [0, 0.05) is 24.5 Å². The van der Waals surface area contributed by atoms with Crippen molar-refractivity contribution in [1.29, 1.82) is 0 Å². The third kappa shape index (κ3) is 3.62. The third-order valence-electron chi connectivity index (χ3n) is 2.48. The minimum absolute atomic E-state index is 0.0267. The minimum Gasteiger partial charge on any atom is -0.396 e. The van der Waals surface area contributed by atoms with E-state index in [4.69, 9.17) is 5.11 Å². The maximum absolute atomic E-state index is 11.8. The van der Waals surface area contributed by atoms with Crippen molar-refractivity contribution < 1.29 is 9.90 Å². The van der Waals surface area contributed by atoms with Crippen molar-refractivity contribution in [3.05, 3.63) is 29.6 Å². The van der Waals surface area contributed by atoms with Crippen LogP contribution in [-0.2, 0) is 0 Å². The lowest BCUT2D eigenvalue weighted by molar-refractivity contribution is 0.0928. The third-order valence-corrected chi connectivity index (χ3v) is 2.48. The Kier molecular flexibility index (Phi) is 4.92. The highest BCUT2D eigenvalue weighted by Gasteiger charge is 2.11. The Hall–Kier alpha value is -1.42. The lowest BCUT2D eigenvalue weighted by Gasteiger charge is -2.15. The molecule has 1 atom stereocenters. The van der Waals surface area contributed by atoms with Crippen LogP contribution in [0.2, 0.25) is 0 Å². The van der Waals surface area contributed by atoms with E-state index < -0.39 is 0 Å². The highest BCUT2D eigenvalue weighted by atomic mass is 16.3. The van der Waals surface area contributed by atoms with E-state index >= 15 is 0 Å². The van der Waals surface area contributed by atoms with E-state index in [1.165, 1.54) is 0 Å². The number of nitrogens with zero attached hydrogens (tertiary/aromatic N) is 1. The number of pyridine rings is 1. The van der Waals surface area contributed by atoms with Gasteiger partial charge in [0.25, 0.3) is 5.91 Å². The molecule has 0 bridgehead atoms. The zero-order valence-electron chi connectivity index (χ0n) is 9.73. The van der Waals surface area contributed by atoms with Gasteiger partial charge in [-0.15, -0.1) is 0 Å². The summed E-state index contributed by atoms with van der Waals surface area (Å²) < 4.78 is 0. The Morgan fingerprint density at radius 3 is 2.81 bits per heavy atom. The number of hydrogen-bond donors (Lipinski definition) is 2. The summed E-state index contributed by atoms with van der Waals surface area (Å²) in [6.07, 6.45) is 2.96. The Labute approximate surface area is 95.7 Å². The maximum atomic E-state index is 11.8. The average molecular weight is 222 g/mol. The second-order valence-corrected chi connectivity index (χ2v) is 3.78. The van der Waals surface area contributed by atoms with Gasteiger partial charge in [0.15, 0.2) is 0 Å². The molecular formula is C12H18N2O2. The summed E-state index contributed by atoms with van der Waals surface area (Å²) >= 11 is 0. The van der Waals surface area contributed by atoms with E-state index in [1.54, 1.807) is 12.3 Å². The van der Waals surface area contributed by atoms with Gasteiger partial charge in [0.1, 0.15) is 0 Å². The Balaban J connectivity index is 2.60. The van der Waals surface area contributed by atoms with Crippen LogP contribution in [0.25, 0.3) is 0 Å². The van der Waals surface area contributed by atoms with Gasteiger partial charge in [-0.2, -0.15) is 0 Å². The molecule has 0 spiro atoms. The van der Waals surface area contributed by atoms with E-state index in [0.29, 0.717) is 12.0 Å². The molecule has 0 aliphatic heterocycles. The summed E-state index contributed by atoms with van der Waals surface area (Å²) in [5.74, 6) is -0.132. The number of aliphatic hydroxyl groups is 1. The van der Waals surface area contributed by atoms with Crippen LogP contribution in [0.5, 0.6) is 0 Å². The van der Waals surface area contributed by atoms with Crippen LogP contribution in [0.1, 0.15) is 35.8 Å². The molecule has 0 aromatic carbocycles. The predicted octanol–water partition coefficient (Wildman–Crippen LogP) is 1.28. The van der Waals surface area contributed by atoms with Gasteiger partial charge < -0.3 is 10.4 Å². The first-order valence-corrected chi connectivity index (χ1v) is 5.51. The molecule has 16 heavy (non-hydrogen) atoms. The number of amides is 1. The quantitative estimate of drug-likeness (QED) is 0.789. The van der Waals surface area contributed by atoms with E-state index in [9.17, 15) is 4.79 Å². The van der Waals surface area contributed by atoms with Gasteiger partial charge in [0.2, 0.25) is 0 Å². The van der Waals surface area contributed by atoms with Gasteiger partial charge in [-0.3, -0.25) is 9.78 Å². The summed E-state index contributed by atoms with van der Waals surface area (Å²) in [6, 6.07) is 3.59. The summed E-state index contributed by atoms with van der Waals surface area (Å²) in [4.78, 5) is 15.8. The second kappa shape index (κ2) is 6.23. The molecule has 1 amide bonds. The lowest BCUT2D eigenvalue weighted by atomic mass is 10.1. The van der Waals surface area contributed by atoms with E-state index in [-0.39, 0.29) is 18.6 Å². The molecule has 4 nitrogen and oxygen atoms in total. The van der Waals surface area contributed by atoms with Crippen LogP contribution in [0, 0.1) is 6.92 Å². The van der Waals surface area contributed by atoms with Crippen LogP contribution in [-0.4, -0.2) is 28.6 Å². The first-order valence-electron chi connectivity index (χ1n) is 5.51. The first-order chi connectivity index (χ1) is 7.67. The van der Waals surface area contributed by atoms with Gasteiger partial charge >= 0.3 is 0 Å². The summed E-state index contributed by atoms with van der Waals surface area (Å²) in [5.41, 5.74) is 1.45. The predicted molar refractivity (Wildman–Crippen MR) is 62.2 cm³/mol. The number of aryl methyl sites for hydroxylation is 1. The Bertz CT molecular complexity index is 335. The van der Waals surface area contributed by atoms with Crippen LogP contribution >= 0.6 is 0 Å². The molecule has 0 radical (unpaired) electrons. The van der Waals surface area contributed by atoms with Crippen molar-refractivity contribution in [2.24, 2.45) is 0 Å². The largest absolute Gasteiger partial charge is 0.396 e. The zero-order chi connectivity index (χ0) is 12.0. The van der Waals surface area contributed by atoms with Crippen LogP contribution in [0.15, 0.2) is 18.3 Å². The van der Waals surface area contributed by atoms with Gasteiger partial charge in [0.05, 0.1) is 5.56 Å². The average Bonchev–Trinajstić information content (AvgIpc) is 2.29. The Morgan fingerprint density at radius 2 is 2.31 bits per heavy atom. The number of rotatable bonds is 5. The number of hydrogen-bond acceptors (Lipinski definition) is 3. The molecule has 0 saturated heterocycles. The first kappa shape index (κ1) is 12.6. The van der Waals surface area contributed by atoms with E-state index in [1.807, 2.05) is 19.9 Å². The fourth-order valence-corrected chi connectivity index (χ4v) is 1.41. The molecule has 2 N–H and O–H groups in total. The fraction of sp³-hybridized carbons (Fsp3) is 0.500. The van der Waals surface area contributed by atoms with E-state index in [2.05, 4.69) is 10.3 Å². The number of carbonyl (C=O) groups excluding carboxylic acids is 1. The summed E-state index contributed by atoms with van der Waals surface area (Å²) in [5, 5.41) is 11.7. The molecule has 0 fully saturated rings. The highest BCUT2D eigenvalue weighted by molar-refractivity contribution is 5.94. The van der Waals surface area contributed by atoms with Crippen LogP contribution in [0.3, 0.4) is 0 Å². The molecule has 88 valence electrons. The number of nitrogens with one attached hydrogen (secondary N) is 1. The second-order valence-electron chi connectivity index (χ2n) is 3.78. The smallest absolute Gasteiger partial charge is 0.253 e. The van der Waals surface area contributed by atoms with Crippen molar-refractivity contribution in [1.82, 2.24) is 10.3 Å². The normalized spacial score (nSPS) is 12.2. The fourth-order valence-electron chi connectivity index (χ4n) is 1.41. The van der Waals surface area contributed by atoms with Crippen molar-refractivity contribution in [2.45, 2.75) is 32.7 Å². The van der Waals surface area contributed by atoms with Gasteiger partial charge in [-0.05, 0) is 31.9 Å². The molecular weight excluding hydrogens is 204 g/mol. The maximum Gasteiger partial charge on any atom is 0.253 e. The summed E-state index contributed by atoms with van der Waals surface area (Å²) in [7, 11) is 0. The van der Waals surface area contributed by atoms with Crippen LogP contribution in [0.4, 0.5) is 0 Å². The standard InChI is InChI=1S/C12H18N2O2/c1-3-11(6-7-15)14-12(16)10-5-4-9(2)13-8-10/h4-5,8,11,15H,3,6-7H2,1-2H3,(H,14,16). The number of aromatic nitrogens is 1. The topological polar surface area (TPSA) is 62.2 Å². The van der Waals surface area contributed by atoms with Crippen molar-refractivity contribution in [2.75, 3.05) is 6.61 Å². The van der Waals surface area contributed by atoms with Gasteiger partial charge in [-0.25, -0.2) is 0 Å². The van der Waals surface area contributed by atoms with Gasteiger partial charge in [-0.1, -0.05) is 6.92 Å². The zero-order valence-corrected chi connectivity index (χ0v) is 9.73. The molecule has 1 heterocycles. The highest BCUT2D eigenvalue weighted by Crippen LogP contribution is 2.02. The van der Waals surface area contributed by atoms with Crippen molar-refractivity contribution >= 4 is 5.91 Å². The minimum atomic E-state index is -0.132. The molecule has 0 saturated carbocycles.